The molecule has 0 fully saturated rings. The van der Waals surface area contributed by atoms with Crippen LogP contribution in [0.25, 0.3) is 11.1 Å². The van der Waals surface area contributed by atoms with Gasteiger partial charge in [0, 0.05) is 11.1 Å². The van der Waals surface area contributed by atoms with Crippen LogP contribution in [0.4, 0.5) is 0 Å². The van der Waals surface area contributed by atoms with E-state index in [-0.39, 0.29) is 36.0 Å². The fourth-order valence-electron chi connectivity index (χ4n) is 1.54. The Balaban J connectivity index is 2.80. The fraction of sp³-hybridized carbons (Fsp3) is 0. The number of benzene rings is 1. The smallest absolute Gasteiger partial charge is 0.168 e. The van der Waals surface area contributed by atoms with E-state index in [4.69, 9.17) is 69.6 Å². The van der Waals surface area contributed by atoms with Crippen LogP contribution in [0.15, 0.2) is 12.1 Å². The first-order chi connectivity index (χ1) is 9.38. The van der Waals surface area contributed by atoms with E-state index in [0.717, 1.165) is 0 Å². The minimum atomic E-state index is 0.0489. The highest BCUT2D eigenvalue weighted by Gasteiger charge is 2.22. The molecule has 2 nitrogen and oxygen atoms in total. The van der Waals surface area contributed by atoms with Crippen molar-refractivity contribution in [3.05, 3.63) is 48.1 Å². The lowest BCUT2D eigenvalue weighted by Crippen LogP contribution is -1.92. The Morgan fingerprint density at radius 1 is 0.800 bits per heavy atom. The van der Waals surface area contributed by atoms with E-state index in [9.17, 15) is 4.79 Å². The molecule has 1 aromatic heterocycles. The van der Waals surface area contributed by atoms with Gasteiger partial charge in [-0.05, 0) is 12.1 Å². The van der Waals surface area contributed by atoms with Gasteiger partial charge in [-0.25, -0.2) is 4.98 Å². The van der Waals surface area contributed by atoms with Gasteiger partial charge in [0.05, 0.1) is 25.1 Å². The lowest BCUT2D eigenvalue weighted by Gasteiger charge is -2.13. The van der Waals surface area contributed by atoms with Crippen molar-refractivity contribution in [3.8, 4) is 11.1 Å². The van der Waals surface area contributed by atoms with Crippen molar-refractivity contribution in [1.82, 2.24) is 4.98 Å². The Hall–Kier alpha value is -0.220. The average Bonchev–Trinajstić information content (AvgIpc) is 2.44. The van der Waals surface area contributed by atoms with Crippen LogP contribution in [0.2, 0.25) is 30.3 Å². The standard InChI is InChI=1S/C12H3Cl6NO/c13-7-6(8(14)10(16)11(17)9(7)15)5-2-1-4(3-20)19-12(5)18/h1-3H. The maximum Gasteiger partial charge on any atom is 0.168 e. The summed E-state index contributed by atoms with van der Waals surface area (Å²) in [5.74, 6) is 0. The monoisotopic (exact) mass is 387 g/mol. The molecule has 0 aliphatic heterocycles. The second-order valence-electron chi connectivity index (χ2n) is 3.64. The molecule has 0 radical (unpaired) electrons. The van der Waals surface area contributed by atoms with Crippen molar-refractivity contribution in [2.45, 2.75) is 0 Å². The van der Waals surface area contributed by atoms with Gasteiger partial charge in [0.25, 0.3) is 0 Å². The maximum atomic E-state index is 10.7. The molecule has 0 amide bonds. The van der Waals surface area contributed by atoms with Gasteiger partial charge < -0.3 is 0 Å². The Bertz CT molecular complexity index is 687. The molecule has 8 heteroatoms. The van der Waals surface area contributed by atoms with Gasteiger partial charge in [0.15, 0.2) is 6.29 Å². The molecule has 0 saturated heterocycles. The molecule has 0 saturated carbocycles. The molecule has 0 N–H and O–H groups in total. The first kappa shape index (κ1) is 16.2. The largest absolute Gasteiger partial charge is 0.296 e. The molecule has 0 unspecified atom stereocenters. The molecular weight excluding hydrogens is 387 g/mol. The van der Waals surface area contributed by atoms with E-state index in [1.807, 2.05) is 0 Å². The number of halogens is 6. The molecule has 1 aromatic carbocycles. The first-order valence-electron chi connectivity index (χ1n) is 5.02. The summed E-state index contributed by atoms with van der Waals surface area (Å²) in [5, 5.41) is 0.442. The van der Waals surface area contributed by atoms with Crippen LogP contribution in [0.3, 0.4) is 0 Å². The lowest BCUT2D eigenvalue weighted by molar-refractivity contribution is 0.111. The summed E-state index contributed by atoms with van der Waals surface area (Å²) in [7, 11) is 0. The van der Waals surface area contributed by atoms with Crippen LogP contribution >= 0.6 is 69.6 Å². The summed E-state index contributed by atoms with van der Waals surface area (Å²) in [6.07, 6.45) is 0.570. The Labute approximate surface area is 144 Å². The highest BCUT2D eigenvalue weighted by molar-refractivity contribution is 6.56. The van der Waals surface area contributed by atoms with Gasteiger partial charge in [0.1, 0.15) is 10.8 Å². The van der Waals surface area contributed by atoms with Gasteiger partial charge in [-0.15, -0.1) is 0 Å². The third-order valence-electron chi connectivity index (χ3n) is 2.47. The second kappa shape index (κ2) is 6.27. The zero-order valence-corrected chi connectivity index (χ0v) is 13.9. The van der Waals surface area contributed by atoms with E-state index in [1.165, 1.54) is 6.07 Å². The molecule has 2 aromatic rings. The summed E-state index contributed by atoms with van der Waals surface area (Å²) in [6, 6.07) is 3.02. The van der Waals surface area contributed by atoms with E-state index in [0.29, 0.717) is 17.4 Å². The molecule has 0 bridgehead atoms. The lowest BCUT2D eigenvalue weighted by atomic mass is 10.1. The normalized spacial score (nSPS) is 10.7. The SMILES string of the molecule is O=Cc1ccc(-c2c(Cl)c(Cl)c(Cl)c(Cl)c2Cl)c(Cl)n1. The van der Waals surface area contributed by atoms with Crippen LogP contribution < -0.4 is 0 Å². The number of pyridine rings is 1. The van der Waals surface area contributed by atoms with Crippen LogP contribution in [-0.4, -0.2) is 11.3 Å². The molecule has 1 heterocycles. The van der Waals surface area contributed by atoms with Gasteiger partial charge in [-0.2, -0.15) is 0 Å². The van der Waals surface area contributed by atoms with Crippen LogP contribution in [-0.2, 0) is 0 Å². The number of rotatable bonds is 2. The minimum Gasteiger partial charge on any atom is -0.296 e. The van der Waals surface area contributed by atoms with Crippen molar-refractivity contribution in [3.63, 3.8) is 0 Å². The summed E-state index contributed by atoms with van der Waals surface area (Å²) >= 11 is 36.2. The highest BCUT2D eigenvalue weighted by atomic mass is 35.5. The summed E-state index contributed by atoms with van der Waals surface area (Å²) in [4.78, 5) is 14.6. The second-order valence-corrected chi connectivity index (χ2v) is 5.89. The number of carbonyl (C=O) groups excluding carboxylic acids is 1. The Morgan fingerprint density at radius 2 is 1.30 bits per heavy atom. The summed E-state index contributed by atoms with van der Waals surface area (Å²) < 4.78 is 0. The molecule has 0 spiro atoms. The summed E-state index contributed by atoms with van der Waals surface area (Å²) in [5.41, 5.74) is 0.882. The number of hydrogen-bond acceptors (Lipinski definition) is 2. The van der Waals surface area contributed by atoms with Crippen molar-refractivity contribution in [2.24, 2.45) is 0 Å². The third-order valence-corrected chi connectivity index (χ3v) is 5.04. The van der Waals surface area contributed by atoms with Gasteiger partial charge in [0.2, 0.25) is 0 Å². The third kappa shape index (κ3) is 2.74. The number of aldehydes is 1. The van der Waals surface area contributed by atoms with E-state index >= 15 is 0 Å². The minimum absolute atomic E-state index is 0.0489. The van der Waals surface area contributed by atoms with Gasteiger partial charge in [-0.3, -0.25) is 4.79 Å². The predicted molar refractivity (Wildman–Crippen MR) is 85.1 cm³/mol. The van der Waals surface area contributed by atoms with Crippen LogP contribution in [0.5, 0.6) is 0 Å². The van der Waals surface area contributed by atoms with Crippen molar-refractivity contribution >= 4 is 75.9 Å². The van der Waals surface area contributed by atoms with E-state index in [2.05, 4.69) is 4.98 Å². The molecule has 20 heavy (non-hydrogen) atoms. The molecule has 0 aliphatic rings. The quantitative estimate of drug-likeness (QED) is 0.254. The molecule has 0 atom stereocenters. The zero-order valence-electron chi connectivity index (χ0n) is 9.36. The number of aromatic nitrogens is 1. The summed E-state index contributed by atoms with van der Waals surface area (Å²) in [6.45, 7) is 0. The number of carbonyl (C=O) groups is 1. The molecular formula is C12H3Cl6NO. The van der Waals surface area contributed by atoms with Crippen LogP contribution in [0.1, 0.15) is 10.5 Å². The van der Waals surface area contributed by atoms with E-state index < -0.39 is 0 Å². The number of nitrogens with zero attached hydrogens (tertiary/aromatic N) is 1. The van der Waals surface area contributed by atoms with Crippen molar-refractivity contribution < 1.29 is 4.79 Å². The topological polar surface area (TPSA) is 30.0 Å². The maximum absolute atomic E-state index is 10.7. The van der Waals surface area contributed by atoms with Crippen molar-refractivity contribution in [1.29, 1.82) is 0 Å². The fourth-order valence-corrected chi connectivity index (χ4v) is 3.14. The predicted octanol–water partition coefficient (Wildman–Crippen LogP) is 6.48. The Kier molecular flexibility index (Phi) is 5.06. The van der Waals surface area contributed by atoms with E-state index in [1.54, 1.807) is 6.07 Å². The van der Waals surface area contributed by atoms with Gasteiger partial charge >= 0.3 is 0 Å². The molecule has 2 rings (SSSR count). The van der Waals surface area contributed by atoms with Crippen LogP contribution in [0, 0.1) is 0 Å². The molecule has 0 aliphatic carbocycles. The zero-order chi connectivity index (χ0) is 15.0. The Morgan fingerprint density at radius 3 is 1.75 bits per heavy atom. The van der Waals surface area contributed by atoms with Crippen molar-refractivity contribution in [2.75, 3.05) is 0 Å². The number of hydrogen-bond donors (Lipinski definition) is 0. The average molecular weight is 390 g/mol. The van der Waals surface area contributed by atoms with Gasteiger partial charge in [-0.1, -0.05) is 69.6 Å². The highest BCUT2D eigenvalue weighted by Crippen LogP contribution is 2.49. The first-order valence-corrected chi connectivity index (χ1v) is 7.28. The molecule has 104 valence electrons.